The third-order valence-electron chi connectivity index (χ3n) is 2.11. The summed E-state index contributed by atoms with van der Waals surface area (Å²) in [4.78, 5) is 10.1. The van der Waals surface area contributed by atoms with Gasteiger partial charge >= 0.3 is 11.9 Å². The van der Waals surface area contributed by atoms with Crippen LogP contribution in [0.15, 0.2) is 12.1 Å². The van der Waals surface area contributed by atoms with Crippen LogP contribution in [0.25, 0.3) is 0 Å². The Morgan fingerprint density at radius 3 is 2.18 bits per heavy atom. The van der Waals surface area contributed by atoms with Gasteiger partial charge in [0.25, 0.3) is 0 Å². The number of benzene rings is 1. The van der Waals surface area contributed by atoms with Crippen molar-refractivity contribution in [2.45, 2.75) is 18.8 Å². The highest BCUT2D eigenvalue weighted by Crippen LogP contribution is 2.23. The zero-order valence-corrected chi connectivity index (χ0v) is 8.31. The molecule has 0 aliphatic rings. The van der Waals surface area contributed by atoms with Gasteiger partial charge in [-0.15, -0.1) is 0 Å². The molecule has 1 aromatic rings. The molecule has 0 unspecified atom stereocenters. The zero-order valence-electron chi connectivity index (χ0n) is 8.31. The molecule has 0 amide bonds. The second-order valence-electron chi connectivity index (χ2n) is 3.37. The van der Waals surface area contributed by atoms with Crippen molar-refractivity contribution in [3.05, 3.63) is 35.1 Å². The maximum atomic E-state index is 13.0. The molecule has 1 N–H and O–H groups in total. The van der Waals surface area contributed by atoms with Gasteiger partial charge in [0.2, 0.25) is 0 Å². The Morgan fingerprint density at radius 2 is 1.65 bits per heavy atom. The summed E-state index contributed by atoms with van der Waals surface area (Å²) in [5, 5.41) is 8.11. The van der Waals surface area contributed by atoms with Crippen LogP contribution in [0.3, 0.4) is 0 Å². The van der Waals surface area contributed by atoms with Crippen molar-refractivity contribution in [3.8, 4) is 0 Å². The molecule has 0 heterocycles. The molecule has 0 spiro atoms. The summed E-state index contributed by atoms with van der Waals surface area (Å²) in [6, 6.07) is 0.659. The van der Waals surface area contributed by atoms with Crippen LogP contribution in [0.1, 0.15) is 12.0 Å². The fourth-order valence-electron chi connectivity index (χ4n) is 1.15. The summed E-state index contributed by atoms with van der Waals surface area (Å²) in [6.07, 6.45) is -1.90. The van der Waals surface area contributed by atoms with E-state index in [-0.39, 0.29) is 6.07 Å². The normalized spacial score (nSPS) is 11.6. The number of hydrogen-bond donors (Lipinski definition) is 1. The number of halogens is 5. The monoisotopic (exact) mass is 254 g/mol. The van der Waals surface area contributed by atoms with Crippen molar-refractivity contribution in [2.24, 2.45) is 0 Å². The first-order chi connectivity index (χ1) is 7.74. The van der Waals surface area contributed by atoms with Crippen molar-refractivity contribution in [3.63, 3.8) is 0 Å². The molecule has 17 heavy (non-hydrogen) atoms. The van der Waals surface area contributed by atoms with Gasteiger partial charge in [-0.25, -0.2) is 18.0 Å². The lowest BCUT2D eigenvalue weighted by atomic mass is 10.1. The molecular formula is C10H7F5O2. The minimum Gasteiger partial charge on any atom is -0.477 e. The van der Waals surface area contributed by atoms with E-state index in [9.17, 15) is 26.7 Å². The molecule has 0 radical (unpaired) electrons. The lowest BCUT2D eigenvalue weighted by Crippen LogP contribution is -2.28. The molecule has 0 fully saturated rings. The first kappa shape index (κ1) is 13.4. The fraction of sp³-hybridized carbons (Fsp3) is 0.300. The second-order valence-corrected chi connectivity index (χ2v) is 3.37. The second kappa shape index (κ2) is 4.68. The molecule has 0 saturated heterocycles. The predicted octanol–water partition coefficient (Wildman–Crippen LogP) is 2.76. The third-order valence-corrected chi connectivity index (χ3v) is 2.11. The predicted molar refractivity (Wildman–Crippen MR) is 47.2 cm³/mol. The van der Waals surface area contributed by atoms with E-state index in [1.807, 2.05) is 0 Å². The molecule has 0 aromatic heterocycles. The molecular weight excluding hydrogens is 247 g/mol. The van der Waals surface area contributed by atoms with Crippen LogP contribution in [0.5, 0.6) is 0 Å². The Morgan fingerprint density at radius 1 is 1.12 bits per heavy atom. The summed E-state index contributed by atoms with van der Waals surface area (Å²) in [5.74, 6) is -10.4. The molecule has 0 aliphatic carbocycles. The summed E-state index contributed by atoms with van der Waals surface area (Å²) in [5.41, 5.74) is -0.496. The van der Waals surface area contributed by atoms with Crippen molar-refractivity contribution >= 4 is 5.97 Å². The van der Waals surface area contributed by atoms with E-state index in [1.165, 1.54) is 0 Å². The average Bonchev–Trinajstić information content (AvgIpc) is 2.21. The SMILES string of the molecule is O=C(O)C(F)(F)CCc1cc(F)c(F)cc1F. The summed E-state index contributed by atoms with van der Waals surface area (Å²) in [6.45, 7) is 0. The Labute approximate surface area is 92.7 Å². The molecule has 0 saturated carbocycles. The van der Waals surface area contributed by atoms with Gasteiger partial charge in [0.15, 0.2) is 11.6 Å². The maximum absolute atomic E-state index is 13.0. The number of carboxylic acid groups (broad SMARTS) is 1. The molecule has 0 aliphatic heterocycles. The van der Waals surface area contributed by atoms with Gasteiger partial charge in [-0.2, -0.15) is 8.78 Å². The molecule has 1 rings (SSSR count). The van der Waals surface area contributed by atoms with Crippen LogP contribution in [0, 0.1) is 17.5 Å². The van der Waals surface area contributed by atoms with Gasteiger partial charge < -0.3 is 5.11 Å². The van der Waals surface area contributed by atoms with Crippen LogP contribution >= 0.6 is 0 Å². The van der Waals surface area contributed by atoms with Crippen molar-refractivity contribution < 1.29 is 31.9 Å². The van der Waals surface area contributed by atoms with E-state index in [2.05, 4.69) is 0 Å². The minimum absolute atomic E-state index is 0.226. The van der Waals surface area contributed by atoms with E-state index in [4.69, 9.17) is 5.11 Å². The topological polar surface area (TPSA) is 37.3 Å². The highest BCUT2D eigenvalue weighted by molar-refractivity contribution is 5.75. The van der Waals surface area contributed by atoms with Crippen molar-refractivity contribution in [1.29, 1.82) is 0 Å². The van der Waals surface area contributed by atoms with Crippen LogP contribution < -0.4 is 0 Å². The Bertz CT molecular complexity index is 445. The van der Waals surface area contributed by atoms with Gasteiger partial charge in [0.1, 0.15) is 5.82 Å². The fourth-order valence-corrected chi connectivity index (χ4v) is 1.15. The van der Waals surface area contributed by atoms with Crippen LogP contribution in [-0.2, 0) is 11.2 Å². The summed E-state index contributed by atoms with van der Waals surface area (Å²) in [7, 11) is 0. The quantitative estimate of drug-likeness (QED) is 0.662. The molecule has 0 bridgehead atoms. The largest absolute Gasteiger partial charge is 0.477 e. The lowest BCUT2D eigenvalue weighted by molar-refractivity contribution is -0.165. The average molecular weight is 254 g/mol. The molecule has 94 valence electrons. The van der Waals surface area contributed by atoms with E-state index in [0.29, 0.717) is 6.07 Å². The van der Waals surface area contributed by atoms with Crippen LogP contribution in [0.2, 0.25) is 0 Å². The van der Waals surface area contributed by atoms with Crippen LogP contribution in [-0.4, -0.2) is 17.0 Å². The standard InChI is InChI=1S/C10H7F5O2/c11-6-4-8(13)7(12)3-5(6)1-2-10(14,15)9(16)17/h3-4H,1-2H2,(H,16,17). The highest BCUT2D eigenvalue weighted by atomic mass is 19.3. The minimum atomic E-state index is -4.03. The molecule has 1 aromatic carbocycles. The molecule has 0 atom stereocenters. The number of aliphatic carboxylic acids is 1. The number of aryl methyl sites for hydroxylation is 1. The zero-order chi connectivity index (χ0) is 13.2. The first-order valence-electron chi connectivity index (χ1n) is 4.48. The number of rotatable bonds is 4. The van der Waals surface area contributed by atoms with Crippen molar-refractivity contribution in [2.75, 3.05) is 0 Å². The van der Waals surface area contributed by atoms with E-state index in [1.54, 1.807) is 0 Å². The Kier molecular flexibility index (Phi) is 3.69. The van der Waals surface area contributed by atoms with E-state index in [0.717, 1.165) is 0 Å². The van der Waals surface area contributed by atoms with Crippen LogP contribution in [0.4, 0.5) is 22.0 Å². The van der Waals surface area contributed by atoms with Gasteiger partial charge in [-0.1, -0.05) is 0 Å². The summed E-state index contributed by atoms with van der Waals surface area (Å²) >= 11 is 0. The summed E-state index contributed by atoms with van der Waals surface area (Å²) < 4.78 is 63.5. The first-order valence-corrected chi connectivity index (χ1v) is 4.48. The van der Waals surface area contributed by atoms with Gasteiger partial charge in [-0.3, -0.25) is 0 Å². The van der Waals surface area contributed by atoms with E-state index < -0.39 is 47.7 Å². The number of alkyl halides is 2. The number of carboxylic acids is 1. The third kappa shape index (κ3) is 3.15. The number of hydrogen-bond acceptors (Lipinski definition) is 1. The van der Waals surface area contributed by atoms with Gasteiger partial charge in [0.05, 0.1) is 0 Å². The smallest absolute Gasteiger partial charge is 0.374 e. The molecule has 7 heteroatoms. The number of carbonyl (C=O) groups is 1. The highest BCUT2D eigenvalue weighted by Gasteiger charge is 2.38. The Hall–Kier alpha value is -1.66. The van der Waals surface area contributed by atoms with Crippen molar-refractivity contribution in [1.82, 2.24) is 0 Å². The van der Waals surface area contributed by atoms with Gasteiger partial charge in [0, 0.05) is 12.5 Å². The molecule has 2 nitrogen and oxygen atoms in total. The van der Waals surface area contributed by atoms with Gasteiger partial charge in [-0.05, 0) is 18.1 Å². The van der Waals surface area contributed by atoms with E-state index >= 15 is 0 Å². The maximum Gasteiger partial charge on any atom is 0.374 e. The lowest BCUT2D eigenvalue weighted by Gasteiger charge is -2.11. The Balaban J connectivity index is 2.83.